The SMILES string of the molecule is O=C(NC1CCCN(C(=O)c2ccco2)C1)c1ccnc(-n2cnnc2)c1. The van der Waals surface area contributed by atoms with Gasteiger partial charge in [0.25, 0.3) is 11.8 Å². The van der Waals surface area contributed by atoms with Crippen LogP contribution in [0.2, 0.25) is 0 Å². The maximum Gasteiger partial charge on any atom is 0.289 e. The molecular weight excluding hydrogens is 348 g/mol. The Kier molecular flexibility index (Phi) is 4.65. The second kappa shape index (κ2) is 7.40. The Morgan fingerprint density at radius 2 is 2.07 bits per heavy atom. The zero-order chi connectivity index (χ0) is 18.6. The topological polar surface area (TPSA) is 106 Å². The Morgan fingerprint density at radius 1 is 1.22 bits per heavy atom. The van der Waals surface area contributed by atoms with E-state index in [1.54, 1.807) is 39.9 Å². The van der Waals surface area contributed by atoms with Crippen LogP contribution in [0.4, 0.5) is 0 Å². The van der Waals surface area contributed by atoms with Gasteiger partial charge in [0.1, 0.15) is 18.5 Å². The van der Waals surface area contributed by atoms with E-state index in [-0.39, 0.29) is 17.9 Å². The van der Waals surface area contributed by atoms with Gasteiger partial charge < -0.3 is 14.6 Å². The van der Waals surface area contributed by atoms with E-state index >= 15 is 0 Å². The largest absolute Gasteiger partial charge is 0.459 e. The molecule has 9 heteroatoms. The van der Waals surface area contributed by atoms with Gasteiger partial charge in [-0.1, -0.05) is 0 Å². The van der Waals surface area contributed by atoms with Crippen molar-refractivity contribution in [3.8, 4) is 5.82 Å². The van der Waals surface area contributed by atoms with Crippen LogP contribution in [0, 0.1) is 0 Å². The van der Waals surface area contributed by atoms with Gasteiger partial charge in [-0.2, -0.15) is 0 Å². The Morgan fingerprint density at radius 3 is 2.85 bits per heavy atom. The van der Waals surface area contributed by atoms with Gasteiger partial charge in [-0.05, 0) is 37.1 Å². The van der Waals surface area contributed by atoms with E-state index in [0.717, 1.165) is 12.8 Å². The summed E-state index contributed by atoms with van der Waals surface area (Å²) >= 11 is 0. The summed E-state index contributed by atoms with van der Waals surface area (Å²) < 4.78 is 6.81. The van der Waals surface area contributed by atoms with E-state index in [0.29, 0.717) is 30.2 Å². The molecule has 1 unspecified atom stereocenters. The molecule has 1 aliphatic heterocycles. The Labute approximate surface area is 155 Å². The molecule has 9 nitrogen and oxygen atoms in total. The van der Waals surface area contributed by atoms with Gasteiger partial charge in [-0.3, -0.25) is 14.2 Å². The number of hydrogen-bond donors (Lipinski definition) is 1. The van der Waals surface area contributed by atoms with Crippen molar-refractivity contribution in [2.75, 3.05) is 13.1 Å². The molecule has 0 radical (unpaired) electrons. The van der Waals surface area contributed by atoms with E-state index in [4.69, 9.17) is 4.42 Å². The highest BCUT2D eigenvalue weighted by Gasteiger charge is 2.27. The average Bonchev–Trinajstić information content (AvgIpc) is 3.42. The maximum absolute atomic E-state index is 12.6. The predicted molar refractivity (Wildman–Crippen MR) is 94.3 cm³/mol. The van der Waals surface area contributed by atoms with Crippen molar-refractivity contribution < 1.29 is 14.0 Å². The molecule has 3 aromatic rings. The van der Waals surface area contributed by atoms with E-state index in [1.807, 2.05) is 0 Å². The molecule has 1 atom stereocenters. The summed E-state index contributed by atoms with van der Waals surface area (Å²) in [4.78, 5) is 31.0. The van der Waals surface area contributed by atoms with Crippen LogP contribution in [0.15, 0.2) is 53.8 Å². The first-order valence-corrected chi connectivity index (χ1v) is 8.65. The summed E-state index contributed by atoms with van der Waals surface area (Å²) in [6, 6.07) is 6.54. The molecule has 0 spiro atoms. The third-order valence-corrected chi connectivity index (χ3v) is 4.47. The fourth-order valence-electron chi connectivity index (χ4n) is 3.12. The van der Waals surface area contributed by atoms with Crippen LogP contribution in [0.25, 0.3) is 5.82 Å². The van der Waals surface area contributed by atoms with E-state index < -0.39 is 0 Å². The average molecular weight is 366 g/mol. The molecule has 1 fully saturated rings. The van der Waals surface area contributed by atoms with Gasteiger partial charge in [-0.15, -0.1) is 10.2 Å². The van der Waals surface area contributed by atoms with E-state index in [1.165, 1.54) is 18.9 Å². The lowest BCUT2D eigenvalue weighted by Gasteiger charge is -2.32. The van der Waals surface area contributed by atoms with Gasteiger partial charge in [0.2, 0.25) is 0 Å². The van der Waals surface area contributed by atoms with Crippen LogP contribution >= 0.6 is 0 Å². The minimum Gasteiger partial charge on any atom is -0.459 e. The number of rotatable bonds is 4. The zero-order valence-corrected chi connectivity index (χ0v) is 14.5. The molecule has 4 rings (SSSR count). The molecule has 3 aromatic heterocycles. The fraction of sp³-hybridized carbons (Fsp3) is 0.278. The van der Waals surface area contributed by atoms with Crippen LogP contribution in [-0.4, -0.2) is 55.6 Å². The molecule has 2 amide bonds. The number of aromatic nitrogens is 4. The number of amides is 2. The number of furan rings is 1. The number of pyridine rings is 1. The predicted octanol–water partition coefficient (Wildman–Crippen LogP) is 1.29. The van der Waals surface area contributed by atoms with Crippen molar-refractivity contribution >= 4 is 11.8 Å². The Bertz CT molecular complexity index is 922. The van der Waals surface area contributed by atoms with Crippen LogP contribution in [0.3, 0.4) is 0 Å². The minimum absolute atomic E-state index is 0.114. The lowest BCUT2D eigenvalue weighted by atomic mass is 10.0. The molecule has 138 valence electrons. The van der Waals surface area contributed by atoms with Crippen LogP contribution in [-0.2, 0) is 0 Å². The Hall–Kier alpha value is -3.49. The van der Waals surface area contributed by atoms with Crippen LogP contribution < -0.4 is 5.32 Å². The molecule has 0 saturated carbocycles. The summed E-state index contributed by atoms with van der Waals surface area (Å²) in [5, 5.41) is 10.5. The van der Waals surface area contributed by atoms with Gasteiger partial charge in [0.15, 0.2) is 5.76 Å². The summed E-state index contributed by atoms with van der Waals surface area (Å²) in [6.45, 7) is 1.10. The van der Waals surface area contributed by atoms with Crippen molar-refractivity contribution in [3.63, 3.8) is 0 Å². The van der Waals surface area contributed by atoms with Crippen molar-refractivity contribution in [1.82, 2.24) is 30.0 Å². The number of likely N-dealkylation sites (tertiary alicyclic amines) is 1. The standard InChI is InChI=1S/C18H18N6O3/c25-17(13-5-6-19-16(9-13)24-11-20-21-12-24)22-14-3-1-7-23(10-14)18(26)15-4-2-8-27-15/h2,4-6,8-9,11-12,14H,1,3,7,10H2,(H,22,25). The molecule has 1 N–H and O–H groups in total. The van der Waals surface area contributed by atoms with Gasteiger partial charge in [-0.25, -0.2) is 4.98 Å². The number of hydrogen-bond acceptors (Lipinski definition) is 6. The van der Waals surface area contributed by atoms with Crippen LogP contribution in [0.1, 0.15) is 33.8 Å². The molecule has 0 aliphatic carbocycles. The maximum atomic E-state index is 12.6. The first kappa shape index (κ1) is 17.0. The normalized spacial score (nSPS) is 16.9. The van der Waals surface area contributed by atoms with Gasteiger partial charge in [0, 0.05) is 30.9 Å². The molecule has 27 heavy (non-hydrogen) atoms. The lowest BCUT2D eigenvalue weighted by Crippen LogP contribution is -2.49. The number of nitrogens with one attached hydrogen (secondary N) is 1. The molecule has 0 aromatic carbocycles. The van der Waals surface area contributed by atoms with E-state index in [2.05, 4.69) is 20.5 Å². The summed E-state index contributed by atoms with van der Waals surface area (Å²) in [5.41, 5.74) is 0.489. The third kappa shape index (κ3) is 3.71. The number of carbonyl (C=O) groups is 2. The van der Waals surface area contributed by atoms with E-state index in [9.17, 15) is 9.59 Å². The lowest BCUT2D eigenvalue weighted by molar-refractivity contribution is 0.0647. The quantitative estimate of drug-likeness (QED) is 0.746. The second-order valence-electron chi connectivity index (χ2n) is 6.31. The second-order valence-corrected chi connectivity index (χ2v) is 6.31. The van der Waals surface area contributed by atoms with Crippen molar-refractivity contribution in [2.45, 2.75) is 18.9 Å². The number of piperidine rings is 1. The minimum atomic E-state index is -0.205. The molecule has 0 bridgehead atoms. The first-order valence-electron chi connectivity index (χ1n) is 8.65. The molecular formula is C18H18N6O3. The highest BCUT2D eigenvalue weighted by atomic mass is 16.3. The van der Waals surface area contributed by atoms with Crippen molar-refractivity contribution in [1.29, 1.82) is 0 Å². The molecule has 4 heterocycles. The van der Waals surface area contributed by atoms with Crippen LogP contribution in [0.5, 0.6) is 0 Å². The highest BCUT2D eigenvalue weighted by molar-refractivity contribution is 5.95. The van der Waals surface area contributed by atoms with Gasteiger partial charge in [0.05, 0.1) is 6.26 Å². The molecule has 1 aliphatic rings. The summed E-state index contributed by atoms with van der Waals surface area (Å²) in [6.07, 6.45) is 7.72. The summed E-state index contributed by atoms with van der Waals surface area (Å²) in [5.74, 6) is 0.516. The van der Waals surface area contributed by atoms with Crippen molar-refractivity contribution in [3.05, 3.63) is 60.7 Å². The zero-order valence-electron chi connectivity index (χ0n) is 14.5. The smallest absolute Gasteiger partial charge is 0.289 e. The third-order valence-electron chi connectivity index (χ3n) is 4.47. The first-order chi connectivity index (χ1) is 13.2. The summed E-state index contributed by atoms with van der Waals surface area (Å²) in [7, 11) is 0. The fourth-order valence-corrected chi connectivity index (χ4v) is 3.12. The molecule has 1 saturated heterocycles. The monoisotopic (exact) mass is 366 g/mol. The number of nitrogens with zero attached hydrogens (tertiary/aromatic N) is 5. The Balaban J connectivity index is 1.42. The number of carbonyl (C=O) groups excluding carboxylic acids is 2. The van der Waals surface area contributed by atoms with Crippen molar-refractivity contribution in [2.24, 2.45) is 0 Å². The highest BCUT2D eigenvalue weighted by Crippen LogP contribution is 2.15. The van der Waals surface area contributed by atoms with Gasteiger partial charge >= 0.3 is 0 Å².